The highest BCUT2D eigenvalue weighted by Gasteiger charge is 2.68. The molecule has 2 amide bonds. The Morgan fingerprint density at radius 1 is 0.868 bits per heavy atom. The molecular formula is C56H102N4O6SSi. The summed E-state index contributed by atoms with van der Waals surface area (Å²) >= 11 is 1.42. The number of piperidine rings is 1. The van der Waals surface area contributed by atoms with Crippen LogP contribution in [-0.2, 0) is 23.5 Å². The lowest BCUT2D eigenvalue weighted by Crippen LogP contribution is -2.65. The summed E-state index contributed by atoms with van der Waals surface area (Å²) in [4.78, 5) is 51.9. The maximum absolute atomic E-state index is 15.4. The number of ether oxygens (including phenoxy) is 2. The van der Waals surface area contributed by atoms with E-state index in [1.54, 1.807) is 17.5 Å². The van der Waals surface area contributed by atoms with Gasteiger partial charge in [0.2, 0.25) is 11.8 Å². The van der Waals surface area contributed by atoms with Gasteiger partial charge in [0.1, 0.15) is 24.4 Å². The second-order valence-electron chi connectivity index (χ2n) is 21.8. The molecule has 1 fully saturated rings. The molecule has 1 N–H and O–H groups in total. The minimum atomic E-state index is -2.90. The van der Waals surface area contributed by atoms with Crippen LogP contribution in [0, 0.1) is 33.5 Å². The van der Waals surface area contributed by atoms with E-state index in [4.69, 9.17) is 18.9 Å². The maximum Gasteiger partial charge on any atom is 0.358 e. The zero-order valence-electron chi connectivity index (χ0n) is 46.8. The summed E-state index contributed by atoms with van der Waals surface area (Å²) in [6.07, 6.45) is 12.9. The van der Waals surface area contributed by atoms with Crippen molar-refractivity contribution in [2.24, 2.45) is 33.5 Å². The van der Waals surface area contributed by atoms with Crippen molar-refractivity contribution in [3.05, 3.63) is 41.4 Å². The molecule has 4 unspecified atom stereocenters. The van der Waals surface area contributed by atoms with E-state index >= 15 is 4.79 Å². The number of likely N-dealkylation sites (N-methyl/N-ethyl adjacent to an activating group) is 1. The molecule has 0 radical (unpaired) electrons. The fraction of sp³-hybridized carbons (Fsp3) is 0.821. The van der Waals surface area contributed by atoms with Crippen molar-refractivity contribution < 1.29 is 28.3 Å². The predicted octanol–water partition coefficient (Wildman–Crippen LogP) is 14.2. The quantitative estimate of drug-likeness (QED) is 0.0250. The van der Waals surface area contributed by atoms with Crippen LogP contribution in [-0.4, -0.2) is 92.5 Å². The van der Waals surface area contributed by atoms with Gasteiger partial charge in [-0.25, -0.2) is 9.78 Å². The van der Waals surface area contributed by atoms with Crippen molar-refractivity contribution in [3.63, 3.8) is 0 Å². The number of rotatable bonds is 32. The fourth-order valence-electron chi connectivity index (χ4n) is 13.1. The van der Waals surface area contributed by atoms with Crippen molar-refractivity contribution in [3.8, 4) is 0 Å². The largest absolute Gasteiger partial charge is 0.457 e. The van der Waals surface area contributed by atoms with Crippen LogP contribution >= 0.6 is 11.3 Å². The molecule has 2 heterocycles. The van der Waals surface area contributed by atoms with Gasteiger partial charge in [-0.3, -0.25) is 14.5 Å². The molecule has 2 rings (SSSR count). The maximum atomic E-state index is 15.4. The first kappa shape index (κ1) is 61.7. The Hall–Kier alpha value is -2.38. The van der Waals surface area contributed by atoms with E-state index in [-0.39, 0.29) is 88.1 Å². The monoisotopic (exact) mass is 987 g/mol. The van der Waals surface area contributed by atoms with Crippen molar-refractivity contribution in [2.75, 3.05) is 33.5 Å². The molecule has 0 saturated carbocycles. The first-order chi connectivity index (χ1) is 32.0. The molecule has 10 nitrogen and oxygen atoms in total. The zero-order chi connectivity index (χ0) is 51.9. The van der Waals surface area contributed by atoms with Crippen LogP contribution in [0.25, 0.3) is 0 Å². The number of carbonyl (C=O) groups excluding carboxylic acids is 3. The van der Waals surface area contributed by atoms with Gasteiger partial charge >= 0.3 is 5.97 Å². The molecule has 0 aromatic carbocycles. The summed E-state index contributed by atoms with van der Waals surface area (Å²) in [5.41, 5.74) is 0.141. The first-order valence-corrected chi connectivity index (χ1v) is 30.1. The van der Waals surface area contributed by atoms with Gasteiger partial charge in [0.05, 0.1) is 18.8 Å². The van der Waals surface area contributed by atoms with Gasteiger partial charge in [-0.1, -0.05) is 169 Å². The Balaban J connectivity index is 3.04. The highest BCUT2D eigenvalue weighted by atomic mass is 32.1. The van der Waals surface area contributed by atoms with Gasteiger partial charge in [-0.2, -0.15) is 0 Å². The van der Waals surface area contributed by atoms with Crippen LogP contribution < -0.4 is 5.32 Å². The molecule has 1 aliphatic rings. The van der Waals surface area contributed by atoms with Crippen LogP contribution in [0.15, 0.2) is 30.7 Å². The van der Waals surface area contributed by atoms with E-state index in [0.29, 0.717) is 17.8 Å². The number of nitrogens with one attached hydrogen (secondary N) is 1. The van der Waals surface area contributed by atoms with Crippen LogP contribution in [0.4, 0.5) is 0 Å². The van der Waals surface area contributed by atoms with Crippen molar-refractivity contribution in [2.45, 2.75) is 230 Å². The number of amides is 2. The van der Waals surface area contributed by atoms with Gasteiger partial charge in [0.15, 0.2) is 14.0 Å². The van der Waals surface area contributed by atoms with E-state index in [9.17, 15) is 9.59 Å². The molecule has 9 atom stereocenters. The molecular weight excluding hydrogens is 885 g/mol. The topological polar surface area (TPSA) is 110 Å². The lowest BCUT2D eigenvalue weighted by Gasteiger charge is -2.70. The molecule has 0 bridgehead atoms. The molecule has 0 spiro atoms. The smallest absolute Gasteiger partial charge is 0.358 e. The Bertz CT molecular complexity index is 1750. The van der Waals surface area contributed by atoms with Gasteiger partial charge in [-0.05, 0) is 103 Å². The second-order valence-corrected chi connectivity index (χ2v) is 27.4. The van der Waals surface area contributed by atoms with E-state index in [1.165, 1.54) is 11.3 Å². The van der Waals surface area contributed by atoms with Gasteiger partial charge in [0, 0.05) is 11.4 Å². The lowest BCUT2D eigenvalue weighted by atomic mass is 9.40. The second kappa shape index (κ2) is 26.9. The Labute approximate surface area is 422 Å². The highest BCUT2D eigenvalue weighted by molar-refractivity contribution is 7.10. The van der Waals surface area contributed by atoms with Crippen molar-refractivity contribution in [1.29, 1.82) is 0 Å². The van der Waals surface area contributed by atoms with E-state index < -0.39 is 26.4 Å². The summed E-state index contributed by atoms with van der Waals surface area (Å²) in [5, 5.41) is 5.52. The molecule has 12 heteroatoms. The van der Waals surface area contributed by atoms with Crippen LogP contribution in [0.1, 0.15) is 210 Å². The summed E-state index contributed by atoms with van der Waals surface area (Å²) in [7, 11) is -0.898. The van der Waals surface area contributed by atoms with E-state index in [2.05, 4.69) is 134 Å². The molecule has 1 aliphatic heterocycles. The minimum Gasteiger partial charge on any atom is -0.457 e. The Morgan fingerprint density at radius 2 is 1.46 bits per heavy atom. The molecule has 68 heavy (non-hydrogen) atoms. The standard InChI is InChI=1S/C56H102N4O6SSi/c1-21-36-64-40-60(50(62)47(42(14)23-3)58-48(61)44-34-32-33-35-59(44)20)45(41(12)13)38-46(49-57-43(39-67-49)51(63)65-37-22-2)66-68(30-10,31-11)56(19,29-9)55(18,28-8)54(17,27-7)53(16,26-6)52(15,24-4)25-5/h21-22,39,41-42,44-47H,1-2,23-38,40H2,3-20H3,(H,58,61)/t42-,44+,45+,46+,47-,53?,54?,55?,56?/m0/s1. The third-order valence-electron chi connectivity index (χ3n) is 19.5. The van der Waals surface area contributed by atoms with Gasteiger partial charge in [0.25, 0.3) is 0 Å². The summed E-state index contributed by atoms with van der Waals surface area (Å²) in [6, 6.07) is 0.344. The number of esters is 1. The van der Waals surface area contributed by atoms with Gasteiger partial charge in [-0.15, -0.1) is 17.9 Å². The zero-order valence-corrected chi connectivity index (χ0v) is 48.6. The average Bonchev–Trinajstić information content (AvgIpc) is 3.85. The number of thiazole rings is 1. The third kappa shape index (κ3) is 12.3. The molecule has 1 aromatic heterocycles. The third-order valence-corrected chi connectivity index (χ3v) is 26.3. The number of hydrogen-bond donors (Lipinski definition) is 1. The normalized spacial score (nSPS) is 20.4. The predicted molar refractivity (Wildman–Crippen MR) is 288 cm³/mol. The summed E-state index contributed by atoms with van der Waals surface area (Å²) in [5.74, 6) is -0.948. The number of hydrogen-bond acceptors (Lipinski definition) is 9. The SMILES string of the molecule is C=CCOCN(C(=O)[C@@H](NC(=O)[C@H]1CCCCN1C)[C@@H](C)CC)[C@H](C[C@@H](O[Si](CC)(CC)C(C)(CC)C(C)(CC)C(C)(CC)C(C)(CC)C(C)(CC)CC)c1nc(C(=O)OCC=C)cs1)C(C)C. The van der Waals surface area contributed by atoms with Crippen LogP contribution in [0.2, 0.25) is 17.1 Å². The molecule has 1 saturated heterocycles. The van der Waals surface area contributed by atoms with E-state index in [0.717, 1.165) is 76.4 Å². The number of aromatic nitrogens is 1. The Kier molecular flexibility index (Phi) is 24.4. The average molecular weight is 988 g/mol. The first-order valence-electron chi connectivity index (χ1n) is 26.9. The highest BCUT2D eigenvalue weighted by Crippen LogP contribution is 2.75. The molecule has 0 aliphatic carbocycles. The fourth-order valence-corrected chi connectivity index (χ4v) is 19.5. The number of carbonyl (C=O) groups is 3. The van der Waals surface area contributed by atoms with Gasteiger partial charge < -0.3 is 24.1 Å². The van der Waals surface area contributed by atoms with E-state index in [1.807, 2.05) is 18.9 Å². The molecule has 392 valence electrons. The Morgan fingerprint density at radius 3 is 1.93 bits per heavy atom. The van der Waals surface area contributed by atoms with Crippen molar-refractivity contribution in [1.82, 2.24) is 20.1 Å². The number of nitrogens with zero attached hydrogens (tertiary/aromatic N) is 3. The number of likely N-dealkylation sites (tertiary alicyclic amines) is 1. The van der Waals surface area contributed by atoms with Crippen LogP contribution in [0.3, 0.4) is 0 Å². The lowest BCUT2D eigenvalue weighted by molar-refractivity contribution is -0.160. The van der Waals surface area contributed by atoms with Crippen molar-refractivity contribution >= 4 is 37.4 Å². The summed E-state index contributed by atoms with van der Waals surface area (Å²) in [6.45, 7) is 49.3. The molecule has 1 aromatic rings. The minimum absolute atomic E-state index is 0.0134. The summed E-state index contributed by atoms with van der Waals surface area (Å²) < 4.78 is 19.9. The van der Waals surface area contributed by atoms with Crippen LogP contribution in [0.5, 0.6) is 0 Å².